The van der Waals surface area contributed by atoms with E-state index in [0.717, 1.165) is 10.0 Å². The van der Waals surface area contributed by atoms with Crippen LogP contribution in [0, 0.1) is 5.41 Å². The lowest BCUT2D eigenvalue weighted by Gasteiger charge is -2.27. The van der Waals surface area contributed by atoms with Gasteiger partial charge < -0.3 is 19.5 Å². The highest BCUT2D eigenvalue weighted by Gasteiger charge is 2.47. The van der Waals surface area contributed by atoms with Crippen molar-refractivity contribution in [2.45, 2.75) is 39.2 Å². The number of carboxylic acid groups (broad SMARTS) is 1. The van der Waals surface area contributed by atoms with E-state index in [1.165, 1.54) is 4.90 Å². The summed E-state index contributed by atoms with van der Waals surface area (Å²) >= 11 is 3.47. The number of hydrogen-bond acceptors (Lipinski definition) is 4. The summed E-state index contributed by atoms with van der Waals surface area (Å²) in [5.74, 6) is -0.242. The molecule has 7 heteroatoms. The quantitative estimate of drug-likeness (QED) is 0.813. The van der Waals surface area contributed by atoms with Gasteiger partial charge in [-0.2, -0.15) is 0 Å². The van der Waals surface area contributed by atoms with Gasteiger partial charge in [-0.05, 0) is 57.4 Å². The van der Waals surface area contributed by atoms with Crippen molar-refractivity contribution in [3.63, 3.8) is 0 Å². The lowest BCUT2D eigenvalue weighted by Crippen LogP contribution is -2.40. The van der Waals surface area contributed by atoms with E-state index < -0.39 is 23.1 Å². The van der Waals surface area contributed by atoms with E-state index in [1.54, 1.807) is 27.9 Å². The van der Waals surface area contributed by atoms with Crippen LogP contribution in [0.25, 0.3) is 0 Å². The number of carboxylic acids is 1. The summed E-state index contributed by atoms with van der Waals surface area (Å²) in [6.45, 7) is 5.86. The number of benzene rings is 1. The molecule has 0 radical (unpaired) electrons. The van der Waals surface area contributed by atoms with Gasteiger partial charge in [0.25, 0.3) is 0 Å². The summed E-state index contributed by atoms with van der Waals surface area (Å²) < 4.78 is 11.4. The molecule has 1 unspecified atom stereocenters. The van der Waals surface area contributed by atoms with E-state index in [1.807, 2.05) is 18.2 Å². The van der Waals surface area contributed by atoms with Crippen molar-refractivity contribution in [2.75, 3.05) is 20.2 Å². The fourth-order valence-electron chi connectivity index (χ4n) is 2.93. The molecule has 1 aromatic carbocycles. The van der Waals surface area contributed by atoms with Crippen LogP contribution in [-0.2, 0) is 16.0 Å². The number of likely N-dealkylation sites (tertiary alicyclic amines) is 1. The van der Waals surface area contributed by atoms with Crippen LogP contribution in [0.3, 0.4) is 0 Å². The van der Waals surface area contributed by atoms with Crippen LogP contribution in [0.4, 0.5) is 4.79 Å². The zero-order valence-corrected chi connectivity index (χ0v) is 16.6. The molecule has 1 saturated heterocycles. The zero-order valence-electron chi connectivity index (χ0n) is 15.0. The third kappa shape index (κ3) is 4.66. The Balaban J connectivity index is 2.21. The van der Waals surface area contributed by atoms with Gasteiger partial charge in [-0.3, -0.25) is 4.79 Å². The van der Waals surface area contributed by atoms with Crippen LogP contribution in [0.15, 0.2) is 22.7 Å². The number of aliphatic carboxylic acids is 1. The Bertz CT molecular complexity index is 670. The third-order valence-corrected chi connectivity index (χ3v) is 5.01. The molecular weight excluding hydrogens is 390 g/mol. The summed E-state index contributed by atoms with van der Waals surface area (Å²) in [5, 5.41) is 9.85. The molecule has 1 aromatic rings. The van der Waals surface area contributed by atoms with E-state index in [-0.39, 0.29) is 6.54 Å². The van der Waals surface area contributed by atoms with Crippen LogP contribution >= 0.6 is 15.9 Å². The number of halogens is 1. The molecule has 0 aromatic heterocycles. The number of nitrogens with zero attached hydrogens (tertiary/aromatic N) is 1. The van der Waals surface area contributed by atoms with Crippen molar-refractivity contribution in [2.24, 2.45) is 5.41 Å². The molecule has 1 N–H and O–H groups in total. The topological polar surface area (TPSA) is 76.1 Å². The van der Waals surface area contributed by atoms with Crippen molar-refractivity contribution in [1.29, 1.82) is 0 Å². The average molecular weight is 414 g/mol. The molecule has 1 aliphatic rings. The summed E-state index contributed by atoms with van der Waals surface area (Å²) in [5.41, 5.74) is -0.805. The van der Waals surface area contributed by atoms with E-state index in [0.29, 0.717) is 25.1 Å². The Hall–Kier alpha value is -1.76. The largest absolute Gasteiger partial charge is 0.497 e. The summed E-state index contributed by atoms with van der Waals surface area (Å²) in [6.07, 6.45) is 0.213. The molecule has 1 aliphatic heterocycles. The molecule has 1 atom stereocenters. The Morgan fingerprint density at radius 3 is 2.60 bits per heavy atom. The third-order valence-electron chi connectivity index (χ3n) is 4.24. The maximum Gasteiger partial charge on any atom is 0.410 e. The minimum Gasteiger partial charge on any atom is -0.497 e. The summed E-state index contributed by atoms with van der Waals surface area (Å²) in [4.78, 5) is 25.8. The number of amides is 1. The van der Waals surface area contributed by atoms with Crippen molar-refractivity contribution in [3.05, 3.63) is 28.2 Å². The number of rotatable bonds is 4. The standard InChI is InChI=1S/C18H24BrNO5/c1-17(2,3)25-16(23)20-8-7-18(11-20,15(21)22)10-12-9-13(24-4)5-6-14(12)19/h5-6,9H,7-8,10-11H2,1-4H3,(H,21,22). The van der Waals surface area contributed by atoms with Crippen LogP contribution in [0.5, 0.6) is 5.75 Å². The van der Waals surface area contributed by atoms with Crippen LogP contribution in [-0.4, -0.2) is 47.9 Å². The Labute approximate surface area is 156 Å². The number of hydrogen-bond donors (Lipinski definition) is 1. The maximum atomic E-state index is 12.3. The normalized spacial score (nSPS) is 20.4. The van der Waals surface area contributed by atoms with Crippen LogP contribution < -0.4 is 4.74 Å². The first-order valence-electron chi connectivity index (χ1n) is 8.10. The van der Waals surface area contributed by atoms with E-state index in [9.17, 15) is 14.7 Å². The molecule has 1 heterocycles. The number of carbonyl (C=O) groups excluding carboxylic acids is 1. The van der Waals surface area contributed by atoms with Crippen molar-refractivity contribution < 1.29 is 24.2 Å². The molecule has 0 aliphatic carbocycles. The van der Waals surface area contributed by atoms with Crippen molar-refractivity contribution >= 4 is 28.0 Å². The Morgan fingerprint density at radius 1 is 1.36 bits per heavy atom. The van der Waals surface area contributed by atoms with Crippen molar-refractivity contribution in [1.82, 2.24) is 4.90 Å². The highest BCUT2D eigenvalue weighted by atomic mass is 79.9. The molecule has 0 bridgehead atoms. The summed E-state index contributed by atoms with van der Waals surface area (Å²) in [7, 11) is 1.57. The fourth-order valence-corrected chi connectivity index (χ4v) is 3.31. The molecular formula is C18H24BrNO5. The molecule has 1 amide bonds. The highest BCUT2D eigenvalue weighted by Crippen LogP contribution is 2.38. The molecule has 138 valence electrons. The molecule has 1 fully saturated rings. The first-order chi connectivity index (χ1) is 11.6. The lowest BCUT2D eigenvalue weighted by atomic mass is 9.81. The van der Waals surface area contributed by atoms with Gasteiger partial charge in [0.2, 0.25) is 0 Å². The number of ether oxygens (including phenoxy) is 2. The predicted octanol–water partition coefficient (Wildman–Crippen LogP) is 3.71. The van der Waals surface area contributed by atoms with Crippen LogP contribution in [0.1, 0.15) is 32.8 Å². The first kappa shape index (κ1) is 19.6. The highest BCUT2D eigenvalue weighted by molar-refractivity contribution is 9.10. The monoisotopic (exact) mass is 413 g/mol. The van der Waals surface area contributed by atoms with Gasteiger partial charge in [-0.25, -0.2) is 4.79 Å². The Morgan fingerprint density at radius 2 is 2.04 bits per heavy atom. The second kappa shape index (κ2) is 7.23. The predicted molar refractivity (Wildman–Crippen MR) is 96.9 cm³/mol. The van der Waals surface area contributed by atoms with E-state index >= 15 is 0 Å². The van der Waals surface area contributed by atoms with Gasteiger partial charge in [0, 0.05) is 17.6 Å². The maximum absolute atomic E-state index is 12.3. The fraction of sp³-hybridized carbons (Fsp3) is 0.556. The van der Waals surface area contributed by atoms with E-state index in [2.05, 4.69) is 15.9 Å². The van der Waals surface area contributed by atoms with Crippen molar-refractivity contribution in [3.8, 4) is 5.75 Å². The summed E-state index contributed by atoms with van der Waals surface area (Å²) in [6, 6.07) is 5.47. The number of carbonyl (C=O) groups is 2. The van der Waals surface area contributed by atoms with Gasteiger partial charge in [-0.15, -0.1) is 0 Å². The molecule has 2 rings (SSSR count). The lowest BCUT2D eigenvalue weighted by molar-refractivity contribution is -0.148. The van der Waals surface area contributed by atoms with Gasteiger partial charge in [0.15, 0.2) is 0 Å². The first-order valence-corrected chi connectivity index (χ1v) is 8.89. The van der Waals surface area contributed by atoms with Gasteiger partial charge in [0.1, 0.15) is 11.4 Å². The second-order valence-electron chi connectivity index (χ2n) is 7.37. The minimum absolute atomic E-state index is 0.126. The molecule has 0 saturated carbocycles. The van der Waals surface area contributed by atoms with Gasteiger partial charge in [-0.1, -0.05) is 15.9 Å². The molecule has 25 heavy (non-hydrogen) atoms. The minimum atomic E-state index is -1.04. The van der Waals surface area contributed by atoms with Crippen LogP contribution in [0.2, 0.25) is 0 Å². The second-order valence-corrected chi connectivity index (χ2v) is 8.23. The molecule has 6 nitrogen and oxygen atoms in total. The van der Waals surface area contributed by atoms with Gasteiger partial charge in [0.05, 0.1) is 12.5 Å². The SMILES string of the molecule is COc1ccc(Br)c(CC2(C(=O)O)CCN(C(=O)OC(C)(C)C)C2)c1. The van der Waals surface area contributed by atoms with Gasteiger partial charge >= 0.3 is 12.1 Å². The van der Waals surface area contributed by atoms with E-state index in [4.69, 9.17) is 9.47 Å². The average Bonchev–Trinajstić information content (AvgIpc) is 2.93. The zero-order chi connectivity index (χ0) is 18.8. The Kier molecular flexibility index (Phi) is 5.66. The smallest absolute Gasteiger partial charge is 0.410 e. The number of methoxy groups -OCH3 is 1. The molecule has 0 spiro atoms.